The molecule has 1 aromatic carbocycles. The standard InChI is InChI=1S/C12H15N5S/c1-17-12(15-8-16-17)18-7-10(11(13)14)9-5-3-2-4-6-9/h2-6,8,10H,7H2,1H3,(H3,13,14). The van der Waals surface area contributed by atoms with Gasteiger partial charge in [0.05, 0.1) is 11.8 Å². The van der Waals surface area contributed by atoms with Crippen LogP contribution in [0.4, 0.5) is 0 Å². The van der Waals surface area contributed by atoms with Gasteiger partial charge in [-0.25, -0.2) is 9.67 Å². The molecule has 2 rings (SSSR count). The van der Waals surface area contributed by atoms with Crippen molar-refractivity contribution in [2.24, 2.45) is 12.8 Å². The first-order chi connectivity index (χ1) is 8.68. The minimum Gasteiger partial charge on any atom is -0.387 e. The van der Waals surface area contributed by atoms with Crippen LogP contribution in [0.25, 0.3) is 0 Å². The summed E-state index contributed by atoms with van der Waals surface area (Å²) in [6.07, 6.45) is 1.52. The maximum absolute atomic E-state index is 7.69. The highest BCUT2D eigenvalue weighted by molar-refractivity contribution is 7.99. The number of nitrogens with one attached hydrogen (secondary N) is 1. The Hall–Kier alpha value is -1.82. The van der Waals surface area contributed by atoms with Crippen LogP contribution in [0.5, 0.6) is 0 Å². The van der Waals surface area contributed by atoms with Crippen molar-refractivity contribution in [2.45, 2.75) is 11.1 Å². The Morgan fingerprint density at radius 2 is 2.17 bits per heavy atom. The van der Waals surface area contributed by atoms with Gasteiger partial charge in [-0.3, -0.25) is 5.41 Å². The summed E-state index contributed by atoms with van der Waals surface area (Å²) >= 11 is 1.55. The fourth-order valence-electron chi connectivity index (χ4n) is 1.63. The Bertz CT molecular complexity index is 522. The lowest BCUT2D eigenvalue weighted by Crippen LogP contribution is -2.22. The molecule has 0 saturated heterocycles. The molecular formula is C12H15N5S. The fourth-order valence-corrected chi connectivity index (χ4v) is 2.67. The summed E-state index contributed by atoms with van der Waals surface area (Å²) in [5.74, 6) is 0.773. The number of thioether (sulfide) groups is 1. The topological polar surface area (TPSA) is 80.6 Å². The van der Waals surface area contributed by atoms with E-state index in [4.69, 9.17) is 11.1 Å². The molecule has 0 aliphatic heterocycles. The molecule has 0 fully saturated rings. The molecule has 0 amide bonds. The van der Waals surface area contributed by atoms with Crippen LogP contribution in [-0.2, 0) is 7.05 Å². The maximum Gasteiger partial charge on any atom is 0.185 e. The molecule has 6 heteroatoms. The lowest BCUT2D eigenvalue weighted by atomic mass is 10.0. The molecule has 3 N–H and O–H groups in total. The summed E-state index contributed by atoms with van der Waals surface area (Å²) in [6, 6.07) is 9.85. The third-order valence-electron chi connectivity index (χ3n) is 2.63. The molecule has 1 atom stereocenters. The fraction of sp³-hybridized carbons (Fsp3) is 0.250. The molecule has 0 spiro atoms. The van der Waals surface area contributed by atoms with Gasteiger partial charge >= 0.3 is 0 Å². The molecule has 0 aliphatic rings. The van der Waals surface area contributed by atoms with E-state index >= 15 is 0 Å². The zero-order valence-corrected chi connectivity index (χ0v) is 10.9. The molecular weight excluding hydrogens is 246 g/mol. The second-order valence-electron chi connectivity index (χ2n) is 3.90. The van der Waals surface area contributed by atoms with E-state index in [1.807, 2.05) is 37.4 Å². The summed E-state index contributed by atoms with van der Waals surface area (Å²) in [4.78, 5) is 4.14. The summed E-state index contributed by atoms with van der Waals surface area (Å²) in [6.45, 7) is 0. The zero-order chi connectivity index (χ0) is 13.0. The zero-order valence-electron chi connectivity index (χ0n) is 10.1. The Balaban J connectivity index is 2.09. The van der Waals surface area contributed by atoms with E-state index in [2.05, 4.69) is 10.1 Å². The third-order valence-corrected chi connectivity index (χ3v) is 3.75. The molecule has 2 aromatic rings. The SMILES string of the molecule is Cn1ncnc1SCC(C(=N)N)c1ccccc1. The number of nitrogens with two attached hydrogens (primary N) is 1. The van der Waals surface area contributed by atoms with E-state index < -0.39 is 0 Å². The van der Waals surface area contributed by atoms with Crippen LogP contribution < -0.4 is 5.73 Å². The Morgan fingerprint density at radius 3 is 2.72 bits per heavy atom. The first kappa shape index (κ1) is 12.6. The smallest absolute Gasteiger partial charge is 0.185 e. The number of aromatic nitrogens is 3. The highest BCUT2D eigenvalue weighted by Crippen LogP contribution is 2.24. The van der Waals surface area contributed by atoms with E-state index in [0.717, 1.165) is 10.7 Å². The van der Waals surface area contributed by atoms with Crippen LogP contribution in [0.1, 0.15) is 11.5 Å². The van der Waals surface area contributed by atoms with Gasteiger partial charge in [-0.1, -0.05) is 42.1 Å². The number of hydrogen-bond donors (Lipinski definition) is 2. The average molecular weight is 261 g/mol. The minimum atomic E-state index is -0.0899. The molecule has 1 unspecified atom stereocenters. The average Bonchev–Trinajstić information content (AvgIpc) is 2.76. The summed E-state index contributed by atoms with van der Waals surface area (Å²) in [5, 5.41) is 12.5. The second-order valence-corrected chi connectivity index (χ2v) is 4.88. The van der Waals surface area contributed by atoms with Gasteiger partial charge in [0.25, 0.3) is 0 Å². The van der Waals surface area contributed by atoms with Crippen molar-refractivity contribution in [1.82, 2.24) is 14.8 Å². The summed E-state index contributed by atoms with van der Waals surface area (Å²) in [7, 11) is 1.85. The van der Waals surface area contributed by atoms with Crippen LogP contribution >= 0.6 is 11.8 Å². The van der Waals surface area contributed by atoms with Crippen LogP contribution in [0.2, 0.25) is 0 Å². The lowest BCUT2D eigenvalue weighted by Gasteiger charge is -2.14. The predicted octanol–water partition coefficient (Wildman–Crippen LogP) is 1.63. The van der Waals surface area contributed by atoms with Gasteiger partial charge in [-0.05, 0) is 5.56 Å². The van der Waals surface area contributed by atoms with Crippen LogP contribution in [0.15, 0.2) is 41.8 Å². The quantitative estimate of drug-likeness (QED) is 0.487. The summed E-state index contributed by atoms with van der Waals surface area (Å²) in [5.41, 5.74) is 6.73. The minimum absolute atomic E-state index is 0.0899. The van der Waals surface area contributed by atoms with Crippen molar-refractivity contribution < 1.29 is 0 Å². The molecule has 0 bridgehead atoms. The van der Waals surface area contributed by atoms with Crippen molar-refractivity contribution in [2.75, 3.05) is 5.75 Å². The van der Waals surface area contributed by atoms with Gasteiger partial charge in [0.2, 0.25) is 0 Å². The van der Waals surface area contributed by atoms with Crippen molar-refractivity contribution in [3.05, 3.63) is 42.2 Å². The largest absolute Gasteiger partial charge is 0.387 e. The number of hydrogen-bond acceptors (Lipinski definition) is 4. The predicted molar refractivity (Wildman–Crippen MR) is 72.8 cm³/mol. The Morgan fingerprint density at radius 1 is 1.44 bits per heavy atom. The number of benzene rings is 1. The molecule has 94 valence electrons. The lowest BCUT2D eigenvalue weighted by molar-refractivity contribution is 0.684. The van der Waals surface area contributed by atoms with Crippen LogP contribution in [-0.4, -0.2) is 26.4 Å². The number of aryl methyl sites for hydroxylation is 1. The van der Waals surface area contributed by atoms with E-state index in [1.165, 1.54) is 6.33 Å². The van der Waals surface area contributed by atoms with Gasteiger partial charge in [0.1, 0.15) is 6.33 Å². The first-order valence-electron chi connectivity index (χ1n) is 5.54. The van der Waals surface area contributed by atoms with Gasteiger partial charge < -0.3 is 5.73 Å². The second kappa shape index (κ2) is 5.68. The molecule has 0 aliphatic carbocycles. The summed E-state index contributed by atoms with van der Waals surface area (Å²) < 4.78 is 1.72. The van der Waals surface area contributed by atoms with E-state index in [1.54, 1.807) is 16.4 Å². The van der Waals surface area contributed by atoms with Gasteiger partial charge in [-0.2, -0.15) is 5.10 Å². The molecule has 1 heterocycles. The van der Waals surface area contributed by atoms with Crippen molar-refractivity contribution in [3.8, 4) is 0 Å². The molecule has 18 heavy (non-hydrogen) atoms. The van der Waals surface area contributed by atoms with Crippen molar-refractivity contribution in [1.29, 1.82) is 5.41 Å². The Kier molecular flexibility index (Phi) is 3.99. The number of amidine groups is 1. The van der Waals surface area contributed by atoms with Gasteiger partial charge in [0, 0.05) is 12.8 Å². The molecule has 1 aromatic heterocycles. The van der Waals surface area contributed by atoms with Crippen molar-refractivity contribution >= 4 is 17.6 Å². The van der Waals surface area contributed by atoms with E-state index in [-0.39, 0.29) is 11.8 Å². The van der Waals surface area contributed by atoms with Crippen molar-refractivity contribution in [3.63, 3.8) is 0 Å². The monoisotopic (exact) mass is 261 g/mol. The maximum atomic E-state index is 7.69. The van der Waals surface area contributed by atoms with Gasteiger partial charge in [-0.15, -0.1) is 0 Å². The number of rotatable bonds is 5. The highest BCUT2D eigenvalue weighted by atomic mass is 32.2. The highest BCUT2D eigenvalue weighted by Gasteiger charge is 2.16. The molecule has 0 saturated carbocycles. The van der Waals surface area contributed by atoms with Crippen LogP contribution in [0, 0.1) is 5.41 Å². The number of nitrogens with zero attached hydrogens (tertiary/aromatic N) is 3. The van der Waals surface area contributed by atoms with E-state index in [0.29, 0.717) is 5.75 Å². The normalized spacial score (nSPS) is 12.3. The van der Waals surface area contributed by atoms with Gasteiger partial charge in [0.15, 0.2) is 5.16 Å². The first-order valence-corrected chi connectivity index (χ1v) is 6.52. The molecule has 5 nitrogen and oxygen atoms in total. The molecule has 0 radical (unpaired) electrons. The third kappa shape index (κ3) is 2.89. The van der Waals surface area contributed by atoms with Crippen LogP contribution in [0.3, 0.4) is 0 Å². The van der Waals surface area contributed by atoms with E-state index in [9.17, 15) is 0 Å². The Labute approximate surface area is 110 Å².